The molecule has 9 heteroatoms. The van der Waals surface area contributed by atoms with E-state index in [1.165, 1.54) is 20.3 Å². The van der Waals surface area contributed by atoms with E-state index in [1.54, 1.807) is 24.3 Å². The van der Waals surface area contributed by atoms with Gasteiger partial charge in [0.2, 0.25) is 5.91 Å². The fourth-order valence-corrected chi connectivity index (χ4v) is 3.50. The molecule has 3 rings (SSSR count). The number of carbonyl (C=O) groups excluding carboxylic acids is 3. The van der Waals surface area contributed by atoms with Gasteiger partial charge in [-0.15, -0.1) is 0 Å². The number of rotatable bonds is 6. The highest BCUT2D eigenvalue weighted by atomic mass is 16.5. The number of piperidine rings is 1. The monoisotopic (exact) mass is 426 g/mol. The van der Waals surface area contributed by atoms with E-state index in [1.807, 2.05) is 12.1 Å². The zero-order valence-electron chi connectivity index (χ0n) is 17.5. The Morgan fingerprint density at radius 3 is 2.16 bits per heavy atom. The summed E-state index contributed by atoms with van der Waals surface area (Å²) in [5, 5.41) is 0. The van der Waals surface area contributed by atoms with Gasteiger partial charge in [0.25, 0.3) is 11.8 Å². The van der Waals surface area contributed by atoms with Crippen LogP contribution in [0, 0.1) is 5.92 Å². The van der Waals surface area contributed by atoms with E-state index in [4.69, 9.17) is 15.2 Å². The molecule has 0 bridgehead atoms. The van der Waals surface area contributed by atoms with Crippen molar-refractivity contribution in [1.29, 1.82) is 0 Å². The van der Waals surface area contributed by atoms with Crippen molar-refractivity contribution in [3.63, 3.8) is 0 Å². The van der Waals surface area contributed by atoms with Crippen LogP contribution in [-0.2, 0) is 4.79 Å². The average Bonchev–Trinajstić information content (AvgIpc) is 2.81. The second-order valence-electron chi connectivity index (χ2n) is 7.21. The predicted molar refractivity (Wildman–Crippen MR) is 115 cm³/mol. The molecule has 1 heterocycles. The van der Waals surface area contributed by atoms with E-state index in [2.05, 4.69) is 15.8 Å². The van der Waals surface area contributed by atoms with Gasteiger partial charge in [-0.1, -0.05) is 0 Å². The summed E-state index contributed by atoms with van der Waals surface area (Å²) in [7, 11) is 2.98. The summed E-state index contributed by atoms with van der Waals surface area (Å²) in [4.78, 5) is 38.3. The molecule has 164 valence electrons. The highest BCUT2D eigenvalue weighted by molar-refractivity contribution is 5.99. The van der Waals surface area contributed by atoms with Crippen molar-refractivity contribution in [1.82, 2.24) is 10.9 Å². The molecule has 4 N–H and O–H groups in total. The average molecular weight is 426 g/mol. The lowest BCUT2D eigenvalue weighted by Crippen LogP contribution is -2.42. The lowest BCUT2D eigenvalue weighted by Gasteiger charge is -2.33. The molecular weight excluding hydrogens is 400 g/mol. The molecule has 9 nitrogen and oxygen atoms in total. The number of nitrogens with one attached hydrogen (secondary N) is 2. The van der Waals surface area contributed by atoms with Crippen molar-refractivity contribution in [3.8, 4) is 11.5 Å². The summed E-state index contributed by atoms with van der Waals surface area (Å²) >= 11 is 0. The fourth-order valence-electron chi connectivity index (χ4n) is 3.50. The highest BCUT2D eigenvalue weighted by Crippen LogP contribution is 2.27. The van der Waals surface area contributed by atoms with Gasteiger partial charge in [-0.25, -0.2) is 0 Å². The van der Waals surface area contributed by atoms with Crippen LogP contribution in [-0.4, -0.2) is 45.0 Å². The number of nitrogens with zero attached hydrogens (tertiary/aromatic N) is 1. The third kappa shape index (κ3) is 5.25. The lowest BCUT2D eigenvalue weighted by atomic mass is 9.97. The Hall–Kier alpha value is -3.75. The van der Waals surface area contributed by atoms with E-state index in [0.717, 1.165) is 25.1 Å². The second kappa shape index (κ2) is 9.84. The predicted octanol–water partition coefficient (Wildman–Crippen LogP) is 1.48. The van der Waals surface area contributed by atoms with Gasteiger partial charge in [0.15, 0.2) is 11.5 Å². The molecule has 1 aliphatic heterocycles. The lowest BCUT2D eigenvalue weighted by molar-refractivity contribution is -0.122. The zero-order chi connectivity index (χ0) is 22.4. The topological polar surface area (TPSA) is 123 Å². The van der Waals surface area contributed by atoms with Gasteiger partial charge in [-0.3, -0.25) is 25.2 Å². The first-order valence-corrected chi connectivity index (χ1v) is 9.90. The molecule has 3 amide bonds. The van der Waals surface area contributed by atoms with Crippen LogP contribution in [0.4, 0.5) is 5.69 Å². The molecule has 0 saturated carbocycles. The van der Waals surface area contributed by atoms with Crippen LogP contribution in [0.25, 0.3) is 0 Å². The number of hydrazine groups is 1. The number of nitrogens with two attached hydrogens (primary N) is 1. The first-order valence-electron chi connectivity index (χ1n) is 9.90. The number of hydrogen-bond donors (Lipinski definition) is 3. The van der Waals surface area contributed by atoms with Gasteiger partial charge in [0.05, 0.1) is 20.1 Å². The Morgan fingerprint density at radius 1 is 0.935 bits per heavy atom. The number of benzene rings is 2. The summed E-state index contributed by atoms with van der Waals surface area (Å²) in [6.45, 7) is 1.40. The summed E-state index contributed by atoms with van der Waals surface area (Å²) in [6, 6.07) is 11.7. The van der Waals surface area contributed by atoms with Crippen molar-refractivity contribution >= 4 is 23.4 Å². The third-order valence-electron chi connectivity index (χ3n) is 5.25. The second-order valence-corrected chi connectivity index (χ2v) is 7.21. The van der Waals surface area contributed by atoms with Crippen LogP contribution in [0.5, 0.6) is 11.5 Å². The number of amides is 3. The molecule has 2 aromatic rings. The maximum absolute atomic E-state index is 12.4. The number of ether oxygens (including phenoxy) is 2. The maximum Gasteiger partial charge on any atom is 0.269 e. The van der Waals surface area contributed by atoms with Crippen molar-refractivity contribution < 1.29 is 23.9 Å². The van der Waals surface area contributed by atoms with Crippen LogP contribution in [0.15, 0.2) is 42.5 Å². The zero-order valence-corrected chi connectivity index (χ0v) is 17.5. The molecule has 31 heavy (non-hydrogen) atoms. The molecule has 1 atom stereocenters. The minimum atomic E-state index is -0.489. The molecule has 1 aliphatic rings. The molecule has 0 aliphatic carbocycles. The van der Waals surface area contributed by atoms with Crippen molar-refractivity contribution in [3.05, 3.63) is 53.6 Å². The van der Waals surface area contributed by atoms with Gasteiger partial charge in [-0.2, -0.15) is 0 Å². The Morgan fingerprint density at radius 2 is 1.55 bits per heavy atom. The molecule has 0 aromatic heterocycles. The van der Waals surface area contributed by atoms with E-state index in [-0.39, 0.29) is 11.8 Å². The molecule has 2 aromatic carbocycles. The third-order valence-corrected chi connectivity index (χ3v) is 5.25. The Labute approximate surface area is 180 Å². The van der Waals surface area contributed by atoms with Crippen molar-refractivity contribution in [2.45, 2.75) is 12.8 Å². The minimum absolute atomic E-state index is 0.163. The van der Waals surface area contributed by atoms with Gasteiger partial charge >= 0.3 is 0 Å². The number of carbonyl (C=O) groups is 3. The number of anilines is 1. The largest absolute Gasteiger partial charge is 0.493 e. The van der Waals surface area contributed by atoms with E-state index >= 15 is 0 Å². The molecule has 0 spiro atoms. The van der Waals surface area contributed by atoms with Crippen LogP contribution in [0.2, 0.25) is 0 Å². The van der Waals surface area contributed by atoms with Gasteiger partial charge in [-0.05, 0) is 55.3 Å². The van der Waals surface area contributed by atoms with E-state index in [0.29, 0.717) is 29.2 Å². The number of primary amides is 1. The smallest absolute Gasteiger partial charge is 0.269 e. The van der Waals surface area contributed by atoms with Crippen molar-refractivity contribution in [2.75, 3.05) is 32.2 Å². The summed E-state index contributed by atoms with van der Waals surface area (Å²) in [6.07, 6.45) is 1.68. The highest BCUT2D eigenvalue weighted by Gasteiger charge is 2.24. The van der Waals surface area contributed by atoms with E-state index in [9.17, 15) is 14.4 Å². The Balaban J connectivity index is 1.58. The fraction of sp³-hybridized carbons (Fsp3) is 0.318. The quantitative estimate of drug-likeness (QED) is 0.602. The van der Waals surface area contributed by atoms with Gasteiger partial charge in [0.1, 0.15) is 0 Å². The van der Waals surface area contributed by atoms with Crippen LogP contribution >= 0.6 is 0 Å². The SMILES string of the molecule is COc1ccc(C(=O)NNC(=O)c2ccc(N3CCCC(C(N)=O)C3)cc2)cc1OC. The molecule has 0 radical (unpaired) electrons. The first-order chi connectivity index (χ1) is 14.9. The number of hydrogen-bond acceptors (Lipinski definition) is 6. The van der Waals surface area contributed by atoms with Crippen LogP contribution < -0.4 is 31.0 Å². The molecule has 1 saturated heterocycles. The van der Waals surface area contributed by atoms with E-state index < -0.39 is 11.8 Å². The summed E-state index contributed by atoms with van der Waals surface area (Å²) < 4.78 is 10.3. The molecular formula is C22H26N4O5. The first kappa shape index (κ1) is 21.9. The van der Waals surface area contributed by atoms with Crippen molar-refractivity contribution in [2.24, 2.45) is 11.7 Å². The normalized spacial score (nSPS) is 15.7. The van der Waals surface area contributed by atoms with Gasteiger partial charge < -0.3 is 20.1 Å². The Bertz CT molecular complexity index is 961. The van der Waals surface area contributed by atoms with Crippen LogP contribution in [0.3, 0.4) is 0 Å². The summed E-state index contributed by atoms with van der Waals surface area (Å²) in [5.74, 6) is -0.479. The minimum Gasteiger partial charge on any atom is -0.493 e. The molecule has 1 fully saturated rings. The van der Waals surface area contributed by atoms with Gasteiger partial charge in [0, 0.05) is 29.9 Å². The maximum atomic E-state index is 12.4. The standard InChI is InChI=1S/C22H26N4O5/c1-30-18-10-7-15(12-19(18)31-2)22(29)25-24-21(28)14-5-8-17(9-6-14)26-11-3-4-16(13-26)20(23)27/h5-10,12,16H,3-4,11,13H2,1-2H3,(H2,23,27)(H,24,28)(H,25,29). The molecule has 1 unspecified atom stereocenters. The number of methoxy groups -OCH3 is 2. The Kier molecular flexibility index (Phi) is 6.96. The van der Waals surface area contributed by atoms with Crippen LogP contribution in [0.1, 0.15) is 33.6 Å². The summed E-state index contributed by atoms with van der Waals surface area (Å²) in [5.41, 5.74) is 11.8.